The molecule has 84 valence electrons. The first-order valence-corrected chi connectivity index (χ1v) is 5.06. The number of rotatable bonds is 3. The lowest BCUT2D eigenvalue weighted by Crippen LogP contribution is -2.27. The lowest BCUT2D eigenvalue weighted by molar-refractivity contribution is 0.630. The minimum Gasteiger partial charge on any atom is -0.393 e. The molecule has 0 unspecified atom stereocenters. The zero-order valence-electron chi connectivity index (χ0n) is 9.76. The van der Waals surface area contributed by atoms with E-state index in [0.717, 1.165) is 6.54 Å². The number of hydrogen-bond donors (Lipinski definition) is 3. The molecule has 5 heteroatoms. The van der Waals surface area contributed by atoms with Gasteiger partial charge in [-0.2, -0.15) is 0 Å². The molecular weight excluding hydrogens is 190 g/mol. The van der Waals surface area contributed by atoms with Gasteiger partial charge in [-0.25, -0.2) is 9.97 Å². The van der Waals surface area contributed by atoms with E-state index in [0.29, 0.717) is 17.3 Å². The molecule has 0 aliphatic carbocycles. The molecule has 15 heavy (non-hydrogen) atoms. The van der Waals surface area contributed by atoms with Gasteiger partial charge in [0.25, 0.3) is 0 Å². The Morgan fingerprint density at radius 2 is 1.87 bits per heavy atom. The highest BCUT2D eigenvalue weighted by atomic mass is 15.1. The van der Waals surface area contributed by atoms with Crippen LogP contribution in [0.2, 0.25) is 0 Å². The fourth-order valence-electron chi connectivity index (χ4n) is 1.16. The second-order valence-electron chi connectivity index (χ2n) is 4.39. The summed E-state index contributed by atoms with van der Waals surface area (Å²) in [4.78, 5) is 8.19. The second-order valence-corrected chi connectivity index (χ2v) is 4.39. The Morgan fingerprint density at radius 1 is 1.27 bits per heavy atom. The van der Waals surface area contributed by atoms with Crippen molar-refractivity contribution in [3.05, 3.63) is 6.33 Å². The smallest absolute Gasteiger partial charge is 0.155 e. The van der Waals surface area contributed by atoms with Crippen LogP contribution in [0.5, 0.6) is 0 Å². The average Bonchev–Trinajstić information content (AvgIpc) is 2.10. The summed E-state index contributed by atoms with van der Waals surface area (Å²) in [5, 5.41) is 6.32. The van der Waals surface area contributed by atoms with Crippen LogP contribution in [0.15, 0.2) is 6.33 Å². The van der Waals surface area contributed by atoms with Crippen LogP contribution in [0.25, 0.3) is 0 Å². The van der Waals surface area contributed by atoms with E-state index in [2.05, 4.69) is 41.4 Å². The van der Waals surface area contributed by atoms with Crippen molar-refractivity contribution in [2.24, 2.45) is 0 Å². The maximum atomic E-state index is 5.93. The van der Waals surface area contributed by atoms with E-state index >= 15 is 0 Å². The van der Waals surface area contributed by atoms with E-state index in [1.165, 1.54) is 6.33 Å². The fraction of sp³-hybridized carbons (Fsp3) is 0.600. The predicted molar refractivity (Wildman–Crippen MR) is 64.0 cm³/mol. The normalized spacial score (nSPS) is 11.2. The minimum absolute atomic E-state index is 0.0635. The second kappa shape index (κ2) is 4.33. The van der Waals surface area contributed by atoms with Crippen LogP contribution in [0.4, 0.5) is 17.3 Å². The van der Waals surface area contributed by atoms with Crippen LogP contribution < -0.4 is 16.4 Å². The summed E-state index contributed by atoms with van der Waals surface area (Å²) in [6.07, 6.45) is 1.50. The minimum atomic E-state index is -0.0635. The topological polar surface area (TPSA) is 75.9 Å². The van der Waals surface area contributed by atoms with Crippen LogP contribution in [-0.4, -0.2) is 22.1 Å². The van der Waals surface area contributed by atoms with Crippen molar-refractivity contribution in [3.63, 3.8) is 0 Å². The molecular formula is C10H19N5. The average molecular weight is 209 g/mol. The van der Waals surface area contributed by atoms with Gasteiger partial charge in [-0.3, -0.25) is 0 Å². The molecule has 0 bridgehead atoms. The molecule has 1 aromatic heterocycles. The lowest BCUT2D eigenvalue weighted by atomic mass is 10.1. The highest BCUT2D eigenvalue weighted by Gasteiger charge is 2.14. The maximum Gasteiger partial charge on any atom is 0.155 e. The Balaban J connectivity index is 2.94. The first kappa shape index (κ1) is 11.6. The summed E-state index contributed by atoms with van der Waals surface area (Å²) >= 11 is 0. The molecule has 0 spiro atoms. The number of nitrogens with one attached hydrogen (secondary N) is 2. The van der Waals surface area contributed by atoms with Crippen LogP contribution >= 0.6 is 0 Å². The zero-order chi connectivity index (χ0) is 11.5. The SMILES string of the molecule is CCNc1ncnc(NC(C)(C)C)c1N. The van der Waals surface area contributed by atoms with Gasteiger partial charge in [-0.05, 0) is 27.7 Å². The van der Waals surface area contributed by atoms with Gasteiger partial charge in [0.2, 0.25) is 0 Å². The third-order valence-electron chi connectivity index (χ3n) is 1.72. The van der Waals surface area contributed by atoms with Gasteiger partial charge in [0, 0.05) is 12.1 Å². The largest absolute Gasteiger partial charge is 0.393 e. The van der Waals surface area contributed by atoms with Gasteiger partial charge in [0.15, 0.2) is 11.6 Å². The number of nitrogens with zero attached hydrogens (tertiary/aromatic N) is 2. The van der Waals surface area contributed by atoms with Gasteiger partial charge in [-0.1, -0.05) is 0 Å². The number of nitrogens with two attached hydrogens (primary N) is 1. The molecule has 1 rings (SSSR count). The van der Waals surface area contributed by atoms with E-state index in [1.54, 1.807) is 0 Å². The monoisotopic (exact) mass is 209 g/mol. The first-order chi connectivity index (χ1) is 6.94. The number of aromatic nitrogens is 2. The molecule has 1 aromatic rings. The number of nitrogen functional groups attached to an aromatic ring is 1. The third-order valence-corrected chi connectivity index (χ3v) is 1.72. The predicted octanol–water partition coefficient (Wildman–Crippen LogP) is 1.70. The van der Waals surface area contributed by atoms with Gasteiger partial charge in [0.1, 0.15) is 12.0 Å². The van der Waals surface area contributed by atoms with Gasteiger partial charge < -0.3 is 16.4 Å². The highest BCUT2D eigenvalue weighted by Crippen LogP contribution is 2.24. The Hall–Kier alpha value is -1.52. The maximum absolute atomic E-state index is 5.93. The Kier molecular flexibility index (Phi) is 3.34. The van der Waals surface area contributed by atoms with E-state index in [-0.39, 0.29) is 5.54 Å². The van der Waals surface area contributed by atoms with Gasteiger partial charge in [0.05, 0.1) is 0 Å². The fourth-order valence-corrected chi connectivity index (χ4v) is 1.16. The molecule has 5 nitrogen and oxygen atoms in total. The van der Waals surface area contributed by atoms with Gasteiger partial charge in [-0.15, -0.1) is 0 Å². The summed E-state index contributed by atoms with van der Waals surface area (Å²) in [7, 11) is 0. The van der Waals surface area contributed by atoms with Crippen molar-refractivity contribution in [2.75, 3.05) is 22.9 Å². The van der Waals surface area contributed by atoms with Crippen molar-refractivity contribution in [1.82, 2.24) is 9.97 Å². The first-order valence-electron chi connectivity index (χ1n) is 5.06. The molecule has 0 aliphatic rings. The lowest BCUT2D eigenvalue weighted by Gasteiger charge is -2.22. The van der Waals surface area contributed by atoms with Crippen LogP contribution in [0.3, 0.4) is 0 Å². The van der Waals surface area contributed by atoms with E-state index < -0.39 is 0 Å². The number of hydrogen-bond acceptors (Lipinski definition) is 5. The molecule has 0 saturated heterocycles. The Bertz CT molecular complexity index is 329. The molecule has 0 atom stereocenters. The molecule has 0 aliphatic heterocycles. The van der Waals surface area contributed by atoms with Gasteiger partial charge >= 0.3 is 0 Å². The van der Waals surface area contributed by atoms with Crippen LogP contribution in [-0.2, 0) is 0 Å². The summed E-state index contributed by atoms with van der Waals surface area (Å²) in [5.41, 5.74) is 6.43. The molecule has 0 saturated carbocycles. The van der Waals surface area contributed by atoms with Crippen LogP contribution in [0.1, 0.15) is 27.7 Å². The van der Waals surface area contributed by atoms with E-state index in [1.807, 2.05) is 6.92 Å². The molecule has 0 amide bonds. The van der Waals surface area contributed by atoms with E-state index in [9.17, 15) is 0 Å². The molecule has 0 radical (unpaired) electrons. The summed E-state index contributed by atoms with van der Waals surface area (Å²) in [6.45, 7) is 8.96. The summed E-state index contributed by atoms with van der Waals surface area (Å²) < 4.78 is 0. The van der Waals surface area contributed by atoms with Crippen LogP contribution in [0, 0.1) is 0 Å². The molecule has 4 N–H and O–H groups in total. The molecule has 0 fully saturated rings. The quantitative estimate of drug-likeness (QED) is 0.706. The highest BCUT2D eigenvalue weighted by molar-refractivity contribution is 5.74. The van der Waals surface area contributed by atoms with Crippen molar-refractivity contribution < 1.29 is 0 Å². The number of anilines is 3. The molecule has 0 aromatic carbocycles. The van der Waals surface area contributed by atoms with Crippen molar-refractivity contribution in [1.29, 1.82) is 0 Å². The molecule has 1 heterocycles. The zero-order valence-corrected chi connectivity index (χ0v) is 9.76. The van der Waals surface area contributed by atoms with Crippen molar-refractivity contribution >= 4 is 17.3 Å². The Labute approximate surface area is 90.5 Å². The van der Waals surface area contributed by atoms with Crippen molar-refractivity contribution in [3.8, 4) is 0 Å². The summed E-state index contributed by atoms with van der Waals surface area (Å²) in [5.74, 6) is 1.35. The summed E-state index contributed by atoms with van der Waals surface area (Å²) in [6, 6.07) is 0. The van der Waals surface area contributed by atoms with Crippen molar-refractivity contribution in [2.45, 2.75) is 33.2 Å². The standard InChI is InChI=1S/C10H19N5/c1-5-12-8-7(11)9(14-6-13-8)15-10(2,3)4/h6H,5,11H2,1-4H3,(H2,12,13,14,15). The third kappa shape index (κ3) is 3.27. The Morgan fingerprint density at radius 3 is 2.40 bits per heavy atom. The van der Waals surface area contributed by atoms with E-state index in [4.69, 9.17) is 5.73 Å².